The fourth-order valence-corrected chi connectivity index (χ4v) is 2.24. The van der Waals surface area contributed by atoms with Gasteiger partial charge in [-0.1, -0.05) is 18.2 Å². The van der Waals surface area contributed by atoms with Crippen LogP contribution in [-0.4, -0.2) is 23.5 Å². The minimum Gasteiger partial charge on any atom is -0.497 e. The van der Waals surface area contributed by atoms with Crippen molar-refractivity contribution in [3.05, 3.63) is 59.9 Å². The Kier molecular flexibility index (Phi) is 4.81. The van der Waals surface area contributed by atoms with Crippen LogP contribution in [0.25, 0.3) is 0 Å². The number of pyridine rings is 1. The standard InChI is InChI=1S/C18H22N2O2/c1-18(2,3)20-17(21)16(15-7-5-6-12-19-15)13-8-10-14(22-4)11-9-13/h5-12,16H,1-4H3,(H,20,21). The van der Waals surface area contributed by atoms with Crippen molar-refractivity contribution in [2.24, 2.45) is 0 Å². The first-order chi connectivity index (χ1) is 10.4. The molecular formula is C18H22N2O2. The van der Waals surface area contributed by atoms with Crippen LogP contribution in [0.2, 0.25) is 0 Å². The van der Waals surface area contributed by atoms with Crippen molar-refractivity contribution in [3.63, 3.8) is 0 Å². The zero-order valence-corrected chi connectivity index (χ0v) is 13.5. The Morgan fingerprint density at radius 1 is 1.14 bits per heavy atom. The van der Waals surface area contributed by atoms with Gasteiger partial charge in [-0.05, 0) is 50.6 Å². The molecule has 4 heteroatoms. The van der Waals surface area contributed by atoms with Crippen molar-refractivity contribution >= 4 is 5.91 Å². The number of nitrogens with one attached hydrogen (secondary N) is 1. The van der Waals surface area contributed by atoms with Crippen molar-refractivity contribution in [1.82, 2.24) is 10.3 Å². The number of hydrogen-bond donors (Lipinski definition) is 1. The quantitative estimate of drug-likeness (QED) is 0.943. The van der Waals surface area contributed by atoms with E-state index in [0.29, 0.717) is 0 Å². The summed E-state index contributed by atoms with van der Waals surface area (Å²) >= 11 is 0. The van der Waals surface area contributed by atoms with Crippen LogP contribution in [0.4, 0.5) is 0 Å². The monoisotopic (exact) mass is 298 g/mol. The van der Waals surface area contributed by atoms with Gasteiger partial charge < -0.3 is 10.1 Å². The summed E-state index contributed by atoms with van der Waals surface area (Å²) in [6.45, 7) is 5.90. The molecule has 2 aromatic rings. The van der Waals surface area contributed by atoms with Gasteiger partial charge in [0.05, 0.1) is 12.8 Å². The van der Waals surface area contributed by atoms with E-state index >= 15 is 0 Å². The highest BCUT2D eigenvalue weighted by Crippen LogP contribution is 2.26. The number of methoxy groups -OCH3 is 1. The molecule has 22 heavy (non-hydrogen) atoms. The molecule has 1 atom stereocenters. The average Bonchev–Trinajstić information content (AvgIpc) is 2.47. The molecule has 1 amide bonds. The van der Waals surface area contributed by atoms with Crippen molar-refractivity contribution in [3.8, 4) is 5.75 Å². The number of carbonyl (C=O) groups is 1. The maximum atomic E-state index is 12.7. The number of nitrogens with zero attached hydrogens (tertiary/aromatic N) is 1. The average molecular weight is 298 g/mol. The molecule has 1 N–H and O–H groups in total. The summed E-state index contributed by atoms with van der Waals surface area (Å²) < 4.78 is 5.18. The number of rotatable bonds is 4. The van der Waals surface area contributed by atoms with E-state index in [4.69, 9.17) is 4.74 Å². The summed E-state index contributed by atoms with van der Waals surface area (Å²) in [7, 11) is 1.62. The zero-order chi connectivity index (χ0) is 16.2. The summed E-state index contributed by atoms with van der Waals surface area (Å²) in [5, 5.41) is 3.03. The smallest absolute Gasteiger partial charge is 0.234 e. The van der Waals surface area contributed by atoms with E-state index in [1.807, 2.05) is 63.2 Å². The first-order valence-corrected chi connectivity index (χ1v) is 7.27. The highest BCUT2D eigenvalue weighted by atomic mass is 16.5. The molecule has 0 spiro atoms. The predicted molar refractivity (Wildman–Crippen MR) is 87.0 cm³/mol. The van der Waals surface area contributed by atoms with E-state index in [1.54, 1.807) is 13.3 Å². The topological polar surface area (TPSA) is 51.2 Å². The van der Waals surface area contributed by atoms with E-state index in [1.165, 1.54) is 0 Å². The van der Waals surface area contributed by atoms with Gasteiger partial charge in [0, 0.05) is 11.7 Å². The summed E-state index contributed by atoms with van der Waals surface area (Å²) in [5.74, 6) is 0.266. The third kappa shape index (κ3) is 4.07. The van der Waals surface area contributed by atoms with Gasteiger partial charge >= 0.3 is 0 Å². The minimum atomic E-state index is -0.439. The van der Waals surface area contributed by atoms with Crippen LogP contribution < -0.4 is 10.1 Å². The lowest BCUT2D eigenvalue weighted by molar-refractivity contribution is -0.123. The normalized spacial score (nSPS) is 12.5. The van der Waals surface area contributed by atoms with Crippen LogP contribution in [0.15, 0.2) is 48.7 Å². The van der Waals surface area contributed by atoms with Gasteiger partial charge in [0.25, 0.3) is 0 Å². The van der Waals surface area contributed by atoms with E-state index in [-0.39, 0.29) is 11.4 Å². The molecule has 1 aromatic carbocycles. The third-order valence-corrected chi connectivity index (χ3v) is 3.19. The number of ether oxygens (including phenoxy) is 1. The number of aromatic nitrogens is 1. The summed E-state index contributed by atoms with van der Waals surface area (Å²) in [6.07, 6.45) is 1.70. The molecule has 0 aliphatic heterocycles. The summed E-state index contributed by atoms with van der Waals surface area (Å²) in [5.41, 5.74) is 1.33. The Morgan fingerprint density at radius 2 is 1.82 bits per heavy atom. The molecule has 4 nitrogen and oxygen atoms in total. The van der Waals surface area contributed by atoms with Gasteiger partial charge in [-0.25, -0.2) is 0 Å². The van der Waals surface area contributed by atoms with Gasteiger partial charge in [0.15, 0.2) is 0 Å². The second-order valence-corrected chi connectivity index (χ2v) is 6.20. The lowest BCUT2D eigenvalue weighted by Crippen LogP contribution is -2.43. The second kappa shape index (κ2) is 6.60. The predicted octanol–water partition coefficient (Wildman–Crippen LogP) is 3.14. The maximum absolute atomic E-state index is 12.7. The molecule has 0 saturated heterocycles. The van der Waals surface area contributed by atoms with E-state index in [0.717, 1.165) is 17.0 Å². The molecule has 0 saturated carbocycles. The van der Waals surface area contributed by atoms with Crippen molar-refractivity contribution < 1.29 is 9.53 Å². The SMILES string of the molecule is COc1ccc(C(C(=O)NC(C)(C)C)c2ccccn2)cc1. The Bertz CT molecular complexity index is 616. The summed E-state index contributed by atoms with van der Waals surface area (Å²) in [6, 6.07) is 13.1. The van der Waals surface area contributed by atoms with Crippen LogP contribution in [0.3, 0.4) is 0 Å². The zero-order valence-electron chi connectivity index (χ0n) is 13.5. The first-order valence-electron chi connectivity index (χ1n) is 7.27. The van der Waals surface area contributed by atoms with E-state index < -0.39 is 5.92 Å². The molecule has 0 aliphatic carbocycles. The lowest BCUT2D eigenvalue weighted by Gasteiger charge is -2.25. The van der Waals surface area contributed by atoms with Crippen molar-refractivity contribution in [2.45, 2.75) is 32.2 Å². The van der Waals surface area contributed by atoms with Crippen LogP contribution >= 0.6 is 0 Å². The van der Waals surface area contributed by atoms with Crippen molar-refractivity contribution in [2.75, 3.05) is 7.11 Å². The second-order valence-electron chi connectivity index (χ2n) is 6.20. The minimum absolute atomic E-state index is 0.0589. The van der Waals surface area contributed by atoms with Crippen LogP contribution in [0.1, 0.15) is 37.9 Å². The molecular weight excluding hydrogens is 276 g/mol. The number of amides is 1. The first kappa shape index (κ1) is 16.0. The molecule has 0 fully saturated rings. The molecule has 2 rings (SSSR count). The molecule has 0 radical (unpaired) electrons. The number of benzene rings is 1. The van der Waals surface area contributed by atoms with E-state index in [2.05, 4.69) is 10.3 Å². The molecule has 1 aromatic heterocycles. The highest BCUT2D eigenvalue weighted by Gasteiger charge is 2.27. The number of carbonyl (C=O) groups excluding carboxylic acids is 1. The summed E-state index contributed by atoms with van der Waals surface area (Å²) in [4.78, 5) is 17.1. The lowest BCUT2D eigenvalue weighted by atomic mass is 9.93. The third-order valence-electron chi connectivity index (χ3n) is 3.19. The molecule has 1 heterocycles. The molecule has 1 unspecified atom stereocenters. The van der Waals surface area contributed by atoms with Crippen molar-refractivity contribution in [1.29, 1.82) is 0 Å². The molecule has 0 bridgehead atoms. The van der Waals surface area contributed by atoms with Gasteiger partial charge in [-0.15, -0.1) is 0 Å². The van der Waals surface area contributed by atoms with Crippen LogP contribution in [-0.2, 0) is 4.79 Å². The van der Waals surface area contributed by atoms with Crippen LogP contribution in [0.5, 0.6) is 5.75 Å². The van der Waals surface area contributed by atoms with Gasteiger partial charge in [-0.2, -0.15) is 0 Å². The van der Waals surface area contributed by atoms with E-state index in [9.17, 15) is 4.79 Å². The Balaban J connectivity index is 2.39. The van der Waals surface area contributed by atoms with Gasteiger partial charge in [-0.3, -0.25) is 9.78 Å². The Morgan fingerprint density at radius 3 is 2.32 bits per heavy atom. The fourth-order valence-electron chi connectivity index (χ4n) is 2.24. The van der Waals surface area contributed by atoms with Crippen LogP contribution in [0, 0.1) is 0 Å². The fraction of sp³-hybridized carbons (Fsp3) is 0.333. The molecule has 116 valence electrons. The highest BCUT2D eigenvalue weighted by molar-refractivity contribution is 5.87. The number of hydrogen-bond acceptors (Lipinski definition) is 3. The van der Waals surface area contributed by atoms with Gasteiger partial charge in [0.1, 0.15) is 11.7 Å². The Labute approximate surface area is 131 Å². The maximum Gasteiger partial charge on any atom is 0.234 e. The Hall–Kier alpha value is -2.36. The van der Waals surface area contributed by atoms with Gasteiger partial charge in [0.2, 0.25) is 5.91 Å². The largest absolute Gasteiger partial charge is 0.497 e. The molecule has 0 aliphatic rings.